The topological polar surface area (TPSA) is 105 Å². The second-order valence-corrected chi connectivity index (χ2v) is 5.38. The number of ketones is 2. The van der Waals surface area contributed by atoms with E-state index in [0.29, 0.717) is 0 Å². The van der Waals surface area contributed by atoms with E-state index in [1.165, 1.54) is 28.1 Å². The molecule has 0 heterocycles. The van der Waals surface area contributed by atoms with Crippen LogP contribution in [0.4, 0.5) is 0 Å². The molecular weight excluding hydrogens is 332 g/mol. The van der Waals surface area contributed by atoms with E-state index in [-0.39, 0.29) is 43.2 Å². The van der Waals surface area contributed by atoms with E-state index in [4.69, 9.17) is 18.9 Å². The molecule has 0 aromatic rings. The van der Waals surface area contributed by atoms with Crippen LogP contribution in [0.3, 0.4) is 0 Å². The fraction of sp³-hybridized carbons (Fsp3) is 0.647. The monoisotopic (exact) mass is 358 g/mol. The van der Waals surface area contributed by atoms with Gasteiger partial charge in [0.25, 0.3) is 0 Å². The molecule has 0 aliphatic carbocycles. The Kier molecular flexibility index (Phi) is 11.3. The molecule has 2 atom stereocenters. The van der Waals surface area contributed by atoms with Gasteiger partial charge in [-0.3, -0.25) is 14.4 Å². The molecule has 0 aromatic heterocycles. The highest BCUT2D eigenvalue weighted by molar-refractivity contribution is 5.95. The van der Waals surface area contributed by atoms with E-state index in [0.717, 1.165) is 0 Å². The molecule has 0 fully saturated rings. The average molecular weight is 358 g/mol. The van der Waals surface area contributed by atoms with Crippen molar-refractivity contribution in [1.82, 2.24) is 0 Å². The highest BCUT2D eigenvalue weighted by Crippen LogP contribution is 2.09. The largest absolute Gasteiger partial charge is 0.454 e. The smallest absolute Gasteiger partial charge is 0.334 e. The van der Waals surface area contributed by atoms with Gasteiger partial charge >= 0.3 is 11.9 Å². The van der Waals surface area contributed by atoms with Gasteiger partial charge in [0.15, 0.2) is 23.8 Å². The summed E-state index contributed by atoms with van der Waals surface area (Å²) in [6, 6.07) is 0. The summed E-state index contributed by atoms with van der Waals surface area (Å²) in [5.74, 6) is -2.24. The van der Waals surface area contributed by atoms with E-state index in [1.807, 2.05) is 0 Å². The van der Waals surface area contributed by atoms with Gasteiger partial charge in [0.2, 0.25) is 0 Å². The first-order valence-electron chi connectivity index (χ1n) is 7.84. The lowest BCUT2D eigenvalue weighted by molar-refractivity contribution is -0.156. The molecule has 0 spiro atoms. The highest BCUT2D eigenvalue weighted by atomic mass is 16.6. The lowest BCUT2D eigenvalue weighted by atomic mass is 10.2. The van der Waals surface area contributed by atoms with Crippen molar-refractivity contribution < 1.29 is 38.1 Å². The second kappa shape index (κ2) is 12.3. The van der Waals surface area contributed by atoms with Crippen LogP contribution in [0, 0.1) is 0 Å². The van der Waals surface area contributed by atoms with Gasteiger partial charge < -0.3 is 18.9 Å². The lowest BCUT2D eigenvalue weighted by Gasteiger charge is -2.14. The molecule has 0 saturated heterocycles. The Morgan fingerprint density at radius 1 is 0.840 bits per heavy atom. The van der Waals surface area contributed by atoms with Crippen LogP contribution in [0.25, 0.3) is 0 Å². The molecule has 0 N–H and O–H groups in total. The lowest BCUT2D eigenvalue weighted by Crippen LogP contribution is -2.28. The summed E-state index contributed by atoms with van der Waals surface area (Å²) in [4.78, 5) is 46.9. The summed E-state index contributed by atoms with van der Waals surface area (Å²) < 4.78 is 19.4. The van der Waals surface area contributed by atoms with Crippen molar-refractivity contribution in [3.63, 3.8) is 0 Å². The van der Waals surface area contributed by atoms with Crippen LogP contribution in [-0.4, -0.2) is 63.1 Å². The number of carbonyl (C=O) groups excluding carboxylic acids is 4. The van der Waals surface area contributed by atoms with Gasteiger partial charge in [-0.15, -0.1) is 0 Å². The van der Waals surface area contributed by atoms with Crippen LogP contribution in [0.2, 0.25) is 0 Å². The Balaban J connectivity index is 4.33. The first-order valence-corrected chi connectivity index (χ1v) is 7.84. The number of esters is 2. The molecule has 8 nitrogen and oxygen atoms in total. The van der Waals surface area contributed by atoms with Crippen molar-refractivity contribution in [1.29, 1.82) is 0 Å². The molecular formula is C17H26O8. The van der Waals surface area contributed by atoms with Crippen molar-refractivity contribution in [2.75, 3.05) is 27.4 Å². The number of rotatable bonds is 13. The maximum Gasteiger partial charge on any atom is 0.334 e. The zero-order chi connectivity index (χ0) is 19.4. The van der Waals surface area contributed by atoms with Crippen LogP contribution in [0.1, 0.15) is 33.1 Å². The van der Waals surface area contributed by atoms with Crippen LogP contribution in [0.15, 0.2) is 12.2 Å². The Bertz CT molecular complexity index is 497. The first kappa shape index (κ1) is 22.9. The molecule has 0 aliphatic heterocycles. The number of carbonyl (C=O) groups is 4. The Morgan fingerprint density at radius 2 is 1.28 bits per heavy atom. The third kappa shape index (κ3) is 9.73. The van der Waals surface area contributed by atoms with E-state index in [1.54, 1.807) is 0 Å². The van der Waals surface area contributed by atoms with Crippen LogP contribution < -0.4 is 0 Å². The van der Waals surface area contributed by atoms with Crippen LogP contribution in [-0.2, 0) is 38.1 Å². The first-order chi connectivity index (χ1) is 11.7. The van der Waals surface area contributed by atoms with Gasteiger partial charge in [-0.25, -0.2) is 4.79 Å². The predicted octanol–water partition coefficient (Wildman–Crippen LogP) is 1.01. The van der Waals surface area contributed by atoms with Gasteiger partial charge in [-0.05, 0) is 13.8 Å². The number of hydrogen-bond donors (Lipinski definition) is 0. The number of methoxy groups -OCH3 is 2. The third-order valence-corrected chi connectivity index (χ3v) is 3.25. The number of Topliss-reactive ketones (excluding diaryl/α,β-unsaturated/α-hetero) is 2. The summed E-state index contributed by atoms with van der Waals surface area (Å²) >= 11 is 0. The normalized spacial score (nSPS) is 12.8. The maximum absolute atomic E-state index is 11.8. The molecule has 0 aliphatic rings. The maximum atomic E-state index is 11.8. The molecule has 0 saturated carbocycles. The molecule has 142 valence electrons. The molecule has 25 heavy (non-hydrogen) atoms. The van der Waals surface area contributed by atoms with Crippen molar-refractivity contribution >= 4 is 23.5 Å². The quantitative estimate of drug-likeness (QED) is 0.355. The van der Waals surface area contributed by atoms with E-state index in [2.05, 4.69) is 6.58 Å². The molecule has 0 bridgehead atoms. The van der Waals surface area contributed by atoms with Gasteiger partial charge in [-0.2, -0.15) is 0 Å². The van der Waals surface area contributed by atoms with Gasteiger partial charge in [0.05, 0.1) is 19.6 Å². The summed E-state index contributed by atoms with van der Waals surface area (Å²) in [7, 11) is 2.92. The number of hydrogen-bond acceptors (Lipinski definition) is 8. The van der Waals surface area contributed by atoms with Crippen molar-refractivity contribution in [3.8, 4) is 0 Å². The fourth-order valence-electron chi connectivity index (χ4n) is 1.67. The average Bonchev–Trinajstić information content (AvgIpc) is 2.56. The zero-order valence-corrected chi connectivity index (χ0v) is 15.2. The second-order valence-electron chi connectivity index (χ2n) is 5.38. The molecule has 0 aromatic carbocycles. The Hall–Kier alpha value is -2.06. The molecule has 0 rings (SSSR count). The van der Waals surface area contributed by atoms with Crippen molar-refractivity contribution in [3.05, 3.63) is 12.2 Å². The predicted molar refractivity (Wildman–Crippen MR) is 87.9 cm³/mol. The van der Waals surface area contributed by atoms with Crippen molar-refractivity contribution in [2.24, 2.45) is 0 Å². The Labute approximate surface area is 147 Å². The standard InChI is InChI=1S/C17H26O8/c1-11(17(21)25-13(3)15(19)7-9-23-5)10-16(20)24-12(2)14(18)6-8-22-4/h12-13H,1,6-10H2,2-5H3. The minimum atomic E-state index is -0.968. The van der Waals surface area contributed by atoms with Gasteiger partial charge in [0.1, 0.15) is 0 Å². The summed E-state index contributed by atoms with van der Waals surface area (Å²) in [5, 5.41) is 0. The van der Waals surface area contributed by atoms with E-state index < -0.39 is 30.6 Å². The Morgan fingerprint density at radius 3 is 1.72 bits per heavy atom. The molecule has 8 heteroatoms. The molecule has 0 radical (unpaired) electrons. The van der Waals surface area contributed by atoms with Crippen LogP contribution >= 0.6 is 0 Å². The molecule has 2 unspecified atom stereocenters. The van der Waals surface area contributed by atoms with Gasteiger partial charge in [-0.1, -0.05) is 6.58 Å². The summed E-state index contributed by atoms with van der Waals surface area (Å²) in [6.07, 6.45) is -2.11. The minimum Gasteiger partial charge on any atom is -0.454 e. The third-order valence-electron chi connectivity index (χ3n) is 3.25. The van der Waals surface area contributed by atoms with Gasteiger partial charge in [0, 0.05) is 32.6 Å². The van der Waals surface area contributed by atoms with Crippen molar-refractivity contribution in [2.45, 2.75) is 45.3 Å². The van der Waals surface area contributed by atoms with E-state index in [9.17, 15) is 19.2 Å². The SMILES string of the molecule is C=C(CC(=O)OC(C)C(=O)CCOC)C(=O)OC(C)C(=O)CCOC. The highest BCUT2D eigenvalue weighted by Gasteiger charge is 2.23. The van der Waals surface area contributed by atoms with Crippen LogP contribution in [0.5, 0.6) is 0 Å². The molecule has 0 amide bonds. The fourth-order valence-corrected chi connectivity index (χ4v) is 1.67. The van der Waals surface area contributed by atoms with E-state index >= 15 is 0 Å². The minimum absolute atomic E-state index is 0.112. The zero-order valence-electron chi connectivity index (χ0n) is 15.2. The summed E-state index contributed by atoms with van der Waals surface area (Å²) in [6.45, 7) is 6.78. The number of ether oxygens (including phenoxy) is 4. The summed E-state index contributed by atoms with van der Waals surface area (Å²) in [5.41, 5.74) is -0.159.